The molecule has 3 aliphatic rings. The number of carbonyl (C=O) groups is 2. The zero-order valence-corrected chi connectivity index (χ0v) is 8.64. The van der Waals surface area contributed by atoms with Crippen molar-refractivity contribution in [1.29, 1.82) is 0 Å². The van der Waals surface area contributed by atoms with Gasteiger partial charge in [-0.25, -0.2) is 4.79 Å². The number of likely N-dealkylation sites (tertiary alicyclic amines) is 1. The highest BCUT2D eigenvalue weighted by Crippen LogP contribution is 2.27. The molecule has 1 unspecified atom stereocenters. The molecule has 1 atom stereocenters. The van der Waals surface area contributed by atoms with Crippen LogP contribution >= 0.6 is 0 Å². The fourth-order valence-corrected chi connectivity index (χ4v) is 2.35. The van der Waals surface area contributed by atoms with E-state index in [-0.39, 0.29) is 18.0 Å². The van der Waals surface area contributed by atoms with Crippen LogP contribution in [-0.4, -0.2) is 59.4 Å². The molecule has 0 spiro atoms. The molecular weight excluding hydrogens is 194 g/mol. The van der Waals surface area contributed by atoms with Gasteiger partial charge in [-0.1, -0.05) is 0 Å². The molecule has 0 aromatic carbocycles. The monoisotopic (exact) mass is 207 g/mol. The van der Waals surface area contributed by atoms with E-state index in [9.17, 15) is 9.59 Å². The van der Waals surface area contributed by atoms with Gasteiger partial charge in [0.25, 0.3) is 0 Å². The minimum atomic E-state index is 0.0687. The van der Waals surface area contributed by atoms with Gasteiger partial charge in [-0.3, -0.25) is 4.79 Å². The standard InChI is InChI=1S/C10H13N3O2/c1-11-7-4-8(13-3-2-9(13)14)6-12(5-7)10(11)15/h4,7H,2-3,5-6H2,1H3. The minimum Gasteiger partial charge on any atom is -0.319 e. The quantitative estimate of drug-likeness (QED) is 0.561. The molecule has 5 heteroatoms. The van der Waals surface area contributed by atoms with Crippen LogP contribution in [0.1, 0.15) is 6.42 Å². The van der Waals surface area contributed by atoms with E-state index in [1.165, 1.54) is 0 Å². The number of hydrogen-bond donors (Lipinski definition) is 0. The average molecular weight is 207 g/mol. The Morgan fingerprint density at radius 3 is 2.73 bits per heavy atom. The largest absolute Gasteiger partial charge is 0.320 e. The van der Waals surface area contributed by atoms with Gasteiger partial charge in [-0.05, 0) is 6.08 Å². The van der Waals surface area contributed by atoms with Crippen molar-refractivity contribution in [2.45, 2.75) is 12.5 Å². The molecule has 2 fully saturated rings. The number of urea groups is 1. The van der Waals surface area contributed by atoms with Gasteiger partial charge in [0.1, 0.15) is 0 Å². The first-order valence-electron chi connectivity index (χ1n) is 5.19. The second-order valence-corrected chi connectivity index (χ2v) is 4.29. The summed E-state index contributed by atoms with van der Waals surface area (Å²) in [6, 6.07) is 0.217. The van der Waals surface area contributed by atoms with Gasteiger partial charge in [-0.15, -0.1) is 0 Å². The van der Waals surface area contributed by atoms with Crippen LogP contribution in [-0.2, 0) is 4.79 Å². The molecule has 0 aromatic heterocycles. The molecular formula is C10H13N3O2. The van der Waals surface area contributed by atoms with Crippen molar-refractivity contribution in [2.24, 2.45) is 0 Å². The molecule has 2 bridgehead atoms. The lowest BCUT2D eigenvalue weighted by atomic mass is 10.1. The summed E-state index contributed by atoms with van der Waals surface area (Å²) in [5.41, 5.74) is 1.00. The van der Waals surface area contributed by atoms with Gasteiger partial charge in [-0.2, -0.15) is 0 Å². The first-order chi connectivity index (χ1) is 7.16. The zero-order chi connectivity index (χ0) is 10.6. The normalized spacial score (nSPS) is 29.5. The Bertz CT molecular complexity index is 377. The van der Waals surface area contributed by atoms with Crippen LogP contribution in [0, 0.1) is 0 Å². The third kappa shape index (κ3) is 1.09. The fourth-order valence-electron chi connectivity index (χ4n) is 2.35. The number of fused-ring (bicyclic) bond motifs is 2. The van der Waals surface area contributed by atoms with E-state index < -0.39 is 0 Å². The van der Waals surface area contributed by atoms with Crippen LogP contribution in [0.15, 0.2) is 11.8 Å². The molecule has 0 radical (unpaired) electrons. The average Bonchev–Trinajstić information content (AvgIpc) is 2.41. The van der Waals surface area contributed by atoms with E-state index in [1.807, 2.05) is 7.05 Å². The van der Waals surface area contributed by atoms with Crippen LogP contribution in [0.25, 0.3) is 0 Å². The van der Waals surface area contributed by atoms with Crippen LogP contribution in [0.2, 0.25) is 0 Å². The van der Waals surface area contributed by atoms with Gasteiger partial charge in [0.15, 0.2) is 0 Å². The van der Waals surface area contributed by atoms with E-state index in [1.54, 1.807) is 14.7 Å². The predicted octanol–water partition coefficient (Wildman–Crippen LogP) is -0.148. The maximum atomic E-state index is 11.7. The smallest absolute Gasteiger partial charge is 0.319 e. The van der Waals surface area contributed by atoms with Crippen molar-refractivity contribution >= 4 is 11.9 Å². The van der Waals surface area contributed by atoms with Gasteiger partial charge in [0.05, 0.1) is 12.6 Å². The molecule has 0 saturated carbocycles. The highest BCUT2D eigenvalue weighted by atomic mass is 16.2. The number of rotatable bonds is 1. The number of β-lactam (4-membered cyclic amide) rings is 1. The first-order valence-corrected chi connectivity index (χ1v) is 5.19. The van der Waals surface area contributed by atoms with Crippen LogP contribution < -0.4 is 0 Å². The van der Waals surface area contributed by atoms with Crippen molar-refractivity contribution in [1.82, 2.24) is 14.7 Å². The van der Waals surface area contributed by atoms with E-state index in [4.69, 9.17) is 0 Å². The number of carbonyl (C=O) groups excluding carboxylic acids is 2. The van der Waals surface area contributed by atoms with Crippen LogP contribution in [0.3, 0.4) is 0 Å². The molecule has 2 saturated heterocycles. The Labute approximate surface area is 87.9 Å². The fraction of sp³-hybridized carbons (Fsp3) is 0.600. The van der Waals surface area contributed by atoms with E-state index in [0.717, 1.165) is 18.8 Å². The lowest BCUT2D eigenvalue weighted by Gasteiger charge is -2.36. The molecule has 3 amide bonds. The number of hydrogen-bond acceptors (Lipinski definition) is 2. The lowest BCUT2D eigenvalue weighted by Crippen LogP contribution is -2.47. The van der Waals surface area contributed by atoms with Crippen molar-refractivity contribution in [2.75, 3.05) is 26.7 Å². The second kappa shape index (κ2) is 2.74. The number of nitrogens with zero attached hydrogens (tertiary/aromatic N) is 3. The highest BCUT2D eigenvalue weighted by Gasteiger charge is 2.40. The Morgan fingerprint density at radius 2 is 2.20 bits per heavy atom. The molecule has 0 aromatic rings. The Morgan fingerprint density at radius 1 is 1.40 bits per heavy atom. The molecule has 3 aliphatic heterocycles. The zero-order valence-electron chi connectivity index (χ0n) is 8.64. The summed E-state index contributed by atoms with van der Waals surface area (Å²) in [7, 11) is 1.81. The molecule has 3 rings (SSSR count). The third-order valence-corrected chi connectivity index (χ3v) is 3.41. The molecule has 3 heterocycles. The van der Waals surface area contributed by atoms with Gasteiger partial charge in [0.2, 0.25) is 5.91 Å². The maximum Gasteiger partial charge on any atom is 0.320 e. The van der Waals surface area contributed by atoms with Crippen molar-refractivity contribution in [3.05, 3.63) is 11.8 Å². The topological polar surface area (TPSA) is 43.9 Å². The summed E-state index contributed by atoms with van der Waals surface area (Å²) < 4.78 is 0. The summed E-state index contributed by atoms with van der Waals surface area (Å²) in [6.07, 6.45) is 2.70. The maximum absolute atomic E-state index is 11.7. The molecule has 15 heavy (non-hydrogen) atoms. The van der Waals surface area contributed by atoms with E-state index >= 15 is 0 Å². The SMILES string of the molecule is CN1C(=O)N2CC(N3CCC3=O)=CC1C2. The Balaban J connectivity index is 1.86. The van der Waals surface area contributed by atoms with E-state index in [2.05, 4.69) is 6.08 Å². The summed E-state index contributed by atoms with van der Waals surface area (Å²) in [5, 5.41) is 0. The van der Waals surface area contributed by atoms with E-state index in [0.29, 0.717) is 13.0 Å². The summed E-state index contributed by atoms with van der Waals surface area (Å²) >= 11 is 0. The summed E-state index contributed by atoms with van der Waals surface area (Å²) in [4.78, 5) is 28.3. The van der Waals surface area contributed by atoms with Crippen LogP contribution in [0.5, 0.6) is 0 Å². The van der Waals surface area contributed by atoms with Gasteiger partial charge >= 0.3 is 6.03 Å². The second-order valence-electron chi connectivity index (χ2n) is 4.29. The van der Waals surface area contributed by atoms with Crippen LogP contribution in [0.4, 0.5) is 4.79 Å². The Kier molecular flexibility index (Phi) is 1.60. The summed E-state index contributed by atoms with van der Waals surface area (Å²) in [5.74, 6) is 0.179. The Hall–Kier alpha value is -1.52. The molecule has 80 valence electrons. The third-order valence-electron chi connectivity index (χ3n) is 3.41. The minimum absolute atomic E-state index is 0.0687. The van der Waals surface area contributed by atoms with Crippen molar-refractivity contribution in [3.63, 3.8) is 0 Å². The van der Waals surface area contributed by atoms with Crippen molar-refractivity contribution in [3.8, 4) is 0 Å². The lowest BCUT2D eigenvalue weighted by molar-refractivity contribution is -0.137. The van der Waals surface area contributed by atoms with Gasteiger partial charge in [0, 0.05) is 32.3 Å². The van der Waals surface area contributed by atoms with Gasteiger partial charge < -0.3 is 14.7 Å². The highest BCUT2D eigenvalue weighted by molar-refractivity contribution is 5.84. The number of likely N-dealkylation sites (N-methyl/N-ethyl adjacent to an activating group) is 1. The molecule has 5 nitrogen and oxygen atoms in total. The predicted molar refractivity (Wildman–Crippen MR) is 52.9 cm³/mol. The molecule has 0 N–H and O–H groups in total. The number of amides is 3. The first kappa shape index (κ1) is 8.76. The van der Waals surface area contributed by atoms with Crippen molar-refractivity contribution < 1.29 is 9.59 Å². The molecule has 0 aliphatic carbocycles. The summed E-state index contributed by atoms with van der Waals surface area (Å²) in [6.45, 7) is 2.16.